The molecule has 6 heteroatoms. The first-order chi connectivity index (χ1) is 20.1. The number of hydrogen-bond acceptors (Lipinski definition) is 2. The van der Waals surface area contributed by atoms with E-state index in [1.807, 2.05) is 0 Å². The van der Waals surface area contributed by atoms with Crippen molar-refractivity contribution >= 4 is 57.4 Å². The summed E-state index contributed by atoms with van der Waals surface area (Å²) in [4.78, 5) is 9.08. The summed E-state index contributed by atoms with van der Waals surface area (Å²) >= 11 is 11.9. The molecule has 4 aromatic carbocycles. The molecule has 0 radical (unpaired) electrons. The van der Waals surface area contributed by atoms with Crippen molar-refractivity contribution in [3.05, 3.63) is 106 Å². The van der Waals surface area contributed by atoms with E-state index in [0.29, 0.717) is 0 Å². The summed E-state index contributed by atoms with van der Waals surface area (Å²) in [5.41, 5.74) is 14.8. The maximum Gasteiger partial charge on any atom is 0.180 e. The Balaban J connectivity index is 1.16. The van der Waals surface area contributed by atoms with Gasteiger partial charge in [-0.3, -0.25) is 0 Å². The van der Waals surface area contributed by atoms with Gasteiger partial charge >= 0.3 is 0 Å². The van der Waals surface area contributed by atoms with Crippen molar-refractivity contribution < 1.29 is 0 Å². The van der Waals surface area contributed by atoms with Gasteiger partial charge in [0.25, 0.3) is 0 Å². The minimum atomic E-state index is 0.869. The average Bonchev–Trinajstić information content (AvgIpc) is 3.50. The molecule has 4 nitrogen and oxygen atoms in total. The highest BCUT2D eigenvalue weighted by molar-refractivity contribution is 7.81. The van der Waals surface area contributed by atoms with Crippen LogP contribution in [0.25, 0.3) is 11.1 Å². The molecule has 2 fully saturated rings. The van der Waals surface area contributed by atoms with Gasteiger partial charge in [-0.1, -0.05) is 59.7 Å². The van der Waals surface area contributed by atoms with E-state index in [9.17, 15) is 0 Å². The molecule has 214 valence electrons. The molecule has 42 heavy (non-hydrogen) atoms. The van der Waals surface area contributed by atoms with E-state index in [0.717, 1.165) is 47.8 Å². The zero-order chi connectivity index (χ0) is 29.7. The monoisotopic (exact) mass is 590 g/mol. The van der Waals surface area contributed by atoms with Gasteiger partial charge in [0.15, 0.2) is 10.2 Å². The van der Waals surface area contributed by atoms with Gasteiger partial charge in [-0.15, -0.1) is 0 Å². The van der Waals surface area contributed by atoms with Gasteiger partial charge in [-0.05, 0) is 124 Å². The molecule has 0 aromatic heterocycles. The minimum absolute atomic E-state index is 0.869. The van der Waals surface area contributed by atoms with E-state index in [-0.39, 0.29) is 0 Å². The Kier molecular flexibility index (Phi) is 7.54. The second kappa shape index (κ2) is 11.2. The van der Waals surface area contributed by atoms with Gasteiger partial charge in [0, 0.05) is 48.9 Å². The van der Waals surface area contributed by atoms with Crippen LogP contribution in [-0.2, 0) is 0 Å². The van der Waals surface area contributed by atoms with Crippen molar-refractivity contribution in [1.29, 1.82) is 0 Å². The predicted octanol–water partition coefficient (Wildman–Crippen LogP) is 8.43. The van der Waals surface area contributed by atoms with Crippen LogP contribution in [-0.4, -0.2) is 36.4 Å². The van der Waals surface area contributed by atoms with Crippen LogP contribution in [0, 0.1) is 41.5 Å². The van der Waals surface area contributed by atoms with Crippen molar-refractivity contribution in [1.82, 2.24) is 0 Å². The average molecular weight is 591 g/mol. The molecule has 2 heterocycles. The minimum Gasteiger partial charge on any atom is -0.317 e. The molecule has 0 aliphatic carbocycles. The van der Waals surface area contributed by atoms with Crippen molar-refractivity contribution in [3.63, 3.8) is 0 Å². The SMILES string of the molecule is Cc1cc(C)c(N2CCN(c3ccc(-c4ccc(N5CCN(c6c(C)cc(C)cc6C)C5=S)cc4)cc3)C2=S)c(C)c1. The lowest BCUT2D eigenvalue weighted by Crippen LogP contribution is -2.32. The topological polar surface area (TPSA) is 13.0 Å². The summed E-state index contributed by atoms with van der Waals surface area (Å²) in [7, 11) is 0. The standard InChI is InChI=1S/C36H38N4S2/c1-23-19-25(3)33(26(4)20-23)39-17-15-37(35(39)41)31-11-7-29(8-12-31)30-9-13-32(14-10-30)38-16-18-40(36(38)42)34-27(5)21-24(2)22-28(34)6/h7-14,19-22H,15-18H2,1-6H3. The maximum atomic E-state index is 5.97. The van der Waals surface area contributed by atoms with E-state index in [1.165, 1.54) is 55.9 Å². The number of thiocarbonyl (C=S) groups is 2. The number of anilines is 4. The summed E-state index contributed by atoms with van der Waals surface area (Å²) in [6.45, 7) is 16.6. The van der Waals surface area contributed by atoms with E-state index in [2.05, 4.69) is 134 Å². The Morgan fingerprint density at radius 3 is 1.02 bits per heavy atom. The molecule has 6 rings (SSSR count). The number of nitrogens with zero attached hydrogens (tertiary/aromatic N) is 4. The summed E-state index contributed by atoms with van der Waals surface area (Å²) in [5.74, 6) is 0. The molecular formula is C36H38N4S2. The maximum absolute atomic E-state index is 5.97. The molecule has 0 spiro atoms. The molecule has 0 atom stereocenters. The van der Waals surface area contributed by atoms with Crippen LogP contribution >= 0.6 is 24.4 Å². The van der Waals surface area contributed by atoms with Crippen LogP contribution in [0.15, 0.2) is 72.8 Å². The van der Waals surface area contributed by atoms with Gasteiger partial charge in [-0.2, -0.15) is 0 Å². The quantitative estimate of drug-likeness (QED) is 0.215. The normalized spacial score (nSPS) is 15.4. The molecule has 0 saturated carbocycles. The second-order valence-electron chi connectivity index (χ2n) is 11.8. The van der Waals surface area contributed by atoms with Crippen molar-refractivity contribution in [2.24, 2.45) is 0 Å². The van der Waals surface area contributed by atoms with Crippen LogP contribution < -0.4 is 19.6 Å². The van der Waals surface area contributed by atoms with Crippen molar-refractivity contribution in [2.45, 2.75) is 41.5 Å². The van der Waals surface area contributed by atoms with E-state index in [1.54, 1.807) is 0 Å². The molecule has 0 bridgehead atoms. The zero-order valence-electron chi connectivity index (χ0n) is 25.4. The first-order valence-corrected chi connectivity index (χ1v) is 15.5. The second-order valence-corrected chi connectivity index (χ2v) is 12.5. The van der Waals surface area contributed by atoms with E-state index in [4.69, 9.17) is 24.4 Å². The summed E-state index contributed by atoms with van der Waals surface area (Å²) in [5, 5.41) is 1.74. The largest absolute Gasteiger partial charge is 0.317 e. The predicted molar refractivity (Wildman–Crippen MR) is 188 cm³/mol. The van der Waals surface area contributed by atoms with Crippen molar-refractivity contribution in [2.75, 3.05) is 45.8 Å². The Morgan fingerprint density at radius 1 is 0.429 bits per heavy atom. The Hall–Kier alpha value is -3.74. The van der Waals surface area contributed by atoms with Crippen molar-refractivity contribution in [3.8, 4) is 11.1 Å². The van der Waals surface area contributed by atoms with Gasteiger partial charge in [0.2, 0.25) is 0 Å². The van der Waals surface area contributed by atoms with Crippen LogP contribution in [0.2, 0.25) is 0 Å². The number of rotatable bonds is 5. The van der Waals surface area contributed by atoms with Gasteiger partial charge < -0.3 is 19.6 Å². The highest BCUT2D eigenvalue weighted by atomic mass is 32.1. The summed E-state index contributed by atoms with van der Waals surface area (Å²) < 4.78 is 0. The van der Waals surface area contributed by atoms with Gasteiger partial charge in [-0.25, -0.2) is 0 Å². The molecule has 4 aromatic rings. The molecule has 0 amide bonds. The summed E-state index contributed by atoms with van der Waals surface area (Å²) in [6, 6.07) is 26.5. The Bertz CT molecular complexity index is 1520. The lowest BCUT2D eigenvalue weighted by atomic mass is 10.0. The molecule has 2 saturated heterocycles. The molecular weight excluding hydrogens is 553 g/mol. The number of benzene rings is 4. The lowest BCUT2D eigenvalue weighted by molar-refractivity contribution is 1.01. The Labute approximate surface area is 261 Å². The first-order valence-electron chi connectivity index (χ1n) is 14.7. The van der Waals surface area contributed by atoms with E-state index < -0.39 is 0 Å². The highest BCUT2D eigenvalue weighted by Crippen LogP contribution is 2.34. The Morgan fingerprint density at radius 2 is 0.714 bits per heavy atom. The fraction of sp³-hybridized carbons (Fsp3) is 0.278. The van der Waals surface area contributed by atoms with Crippen LogP contribution in [0.1, 0.15) is 33.4 Å². The smallest absolute Gasteiger partial charge is 0.180 e. The fourth-order valence-electron chi connectivity index (χ4n) is 6.83. The third-order valence-electron chi connectivity index (χ3n) is 8.52. The lowest BCUT2D eigenvalue weighted by Gasteiger charge is -2.25. The highest BCUT2D eigenvalue weighted by Gasteiger charge is 2.30. The zero-order valence-corrected chi connectivity index (χ0v) is 27.0. The van der Waals surface area contributed by atoms with Crippen LogP contribution in [0.5, 0.6) is 0 Å². The number of aryl methyl sites for hydroxylation is 6. The number of hydrogen-bond donors (Lipinski definition) is 0. The molecule has 0 N–H and O–H groups in total. The molecule has 2 aliphatic rings. The third kappa shape index (κ3) is 5.07. The van der Waals surface area contributed by atoms with Gasteiger partial charge in [0.05, 0.1) is 0 Å². The molecule has 2 aliphatic heterocycles. The fourth-order valence-corrected chi connectivity index (χ4v) is 7.59. The van der Waals surface area contributed by atoms with E-state index >= 15 is 0 Å². The van der Waals surface area contributed by atoms with Gasteiger partial charge in [0.1, 0.15) is 0 Å². The molecule has 0 unspecified atom stereocenters. The van der Waals surface area contributed by atoms with Crippen LogP contribution in [0.4, 0.5) is 22.7 Å². The summed E-state index contributed by atoms with van der Waals surface area (Å²) in [6.07, 6.45) is 0. The third-order valence-corrected chi connectivity index (χ3v) is 9.40. The first kappa shape index (κ1) is 28.4. The van der Waals surface area contributed by atoms with Crippen LogP contribution in [0.3, 0.4) is 0 Å².